The third-order valence-corrected chi connectivity index (χ3v) is 4.83. The van der Waals surface area contributed by atoms with Crippen LogP contribution in [0.15, 0.2) is 42.5 Å². The Morgan fingerprint density at radius 2 is 1.86 bits per heavy atom. The molecular formula is C22H27BrFN3O. The summed E-state index contributed by atoms with van der Waals surface area (Å²) in [5.41, 5.74) is 4.69. The van der Waals surface area contributed by atoms with Crippen molar-refractivity contribution in [3.63, 3.8) is 0 Å². The lowest BCUT2D eigenvalue weighted by Crippen LogP contribution is -2.22. The predicted octanol–water partition coefficient (Wildman–Crippen LogP) is 5.33. The quantitative estimate of drug-likeness (QED) is 0.513. The number of aryl methyl sites for hydroxylation is 1. The van der Waals surface area contributed by atoms with Crippen molar-refractivity contribution < 1.29 is 9.18 Å². The molecule has 1 aromatic heterocycles. The lowest BCUT2D eigenvalue weighted by Gasteiger charge is -2.15. The molecule has 0 saturated heterocycles. The number of rotatable bonds is 7. The van der Waals surface area contributed by atoms with Crippen LogP contribution in [0.5, 0.6) is 0 Å². The van der Waals surface area contributed by atoms with Crippen LogP contribution in [0.2, 0.25) is 0 Å². The number of hydrogen-bond acceptors (Lipinski definition) is 2. The molecule has 1 heterocycles. The summed E-state index contributed by atoms with van der Waals surface area (Å²) < 4.78 is 13.0. The van der Waals surface area contributed by atoms with Crippen molar-refractivity contribution >= 4 is 39.5 Å². The molecule has 0 fully saturated rings. The van der Waals surface area contributed by atoms with E-state index in [4.69, 9.17) is 0 Å². The van der Waals surface area contributed by atoms with Crippen molar-refractivity contribution in [1.29, 1.82) is 0 Å². The van der Waals surface area contributed by atoms with Gasteiger partial charge in [0, 0.05) is 34.4 Å². The molecule has 0 aliphatic rings. The number of benzene rings is 2. The van der Waals surface area contributed by atoms with Crippen molar-refractivity contribution in [2.75, 3.05) is 25.5 Å². The standard InChI is InChI=1S/C22H26FN3O.BrH/c1-4-12-26(3)13-11-19-15(2)24-21-10-9-18(14-20(19)21)25-22(27)16-5-7-17(23)8-6-16;/h5-10,14,24H,4,11-13H2,1-3H3,(H,25,27);1H. The largest absolute Gasteiger partial charge is 0.358 e. The minimum absolute atomic E-state index is 0. The highest BCUT2D eigenvalue weighted by atomic mass is 79.9. The van der Waals surface area contributed by atoms with Gasteiger partial charge in [0.25, 0.3) is 5.91 Å². The Bertz CT molecular complexity index is 937. The Morgan fingerprint density at radius 3 is 2.54 bits per heavy atom. The topological polar surface area (TPSA) is 48.1 Å². The van der Waals surface area contributed by atoms with Crippen LogP contribution in [0.3, 0.4) is 0 Å². The number of nitrogens with one attached hydrogen (secondary N) is 2. The maximum Gasteiger partial charge on any atom is 0.255 e. The van der Waals surface area contributed by atoms with E-state index in [2.05, 4.69) is 36.1 Å². The molecule has 3 rings (SSSR count). The molecule has 0 spiro atoms. The Morgan fingerprint density at radius 1 is 1.14 bits per heavy atom. The first-order valence-electron chi connectivity index (χ1n) is 9.34. The van der Waals surface area contributed by atoms with E-state index in [9.17, 15) is 9.18 Å². The fourth-order valence-electron chi connectivity index (χ4n) is 3.38. The van der Waals surface area contributed by atoms with Gasteiger partial charge in [0.15, 0.2) is 0 Å². The third-order valence-electron chi connectivity index (χ3n) is 4.83. The molecule has 0 aliphatic heterocycles. The number of fused-ring (bicyclic) bond motifs is 1. The molecule has 0 bridgehead atoms. The zero-order chi connectivity index (χ0) is 19.4. The van der Waals surface area contributed by atoms with Crippen molar-refractivity contribution in [3.8, 4) is 0 Å². The number of aromatic nitrogens is 1. The van der Waals surface area contributed by atoms with E-state index in [0.29, 0.717) is 5.56 Å². The summed E-state index contributed by atoms with van der Waals surface area (Å²) in [7, 11) is 2.14. The average molecular weight is 448 g/mol. The molecule has 0 saturated carbocycles. The summed E-state index contributed by atoms with van der Waals surface area (Å²) in [6.45, 7) is 6.35. The van der Waals surface area contributed by atoms with E-state index in [1.54, 1.807) is 0 Å². The van der Waals surface area contributed by atoms with Gasteiger partial charge >= 0.3 is 0 Å². The van der Waals surface area contributed by atoms with E-state index in [-0.39, 0.29) is 28.7 Å². The van der Waals surface area contributed by atoms with Gasteiger partial charge in [-0.25, -0.2) is 4.39 Å². The van der Waals surface area contributed by atoms with E-state index in [0.717, 1.165) is 48.2 Å². The zero-order valence-corrected chi connectivity index (χ0v) is 18.2. The molecule has 4 nitrogen and oxygen atoms in total. The van der Waals surface area contributed by atoms with Crippen molar-refractivity contribution in [2.45, 2.75) is 26.7 Å². The summed E-state index contributed by atoms with van der Waals surface area (Å²) in [5, 5.41) is 4.04. The molecule has 0 radical (unpaired) electrons. The first kappa shape index (κ1) is 22.1. The molecule has 2 N–H and O–H groups in total. The molecule has 150 valence electrons. The van der Waals surface area contributed by atoms with Gasteiger partial charge in [-0.15, -0.1) is 17.0 Å². The number of carbonyl (C=O) groups is 1. The highest BCUT2D eigenvalue weighted by Gasteiger charge is 2.12. The van der Waals surface area contributed by atoms with Gasteiger partial charge in [-0.2, -0.15) is 0 Å². The lowest BCUT2D eigenvalue weighted by atomic mass is 10.1. The van der Waals surface area contributed by atoms with E-state index in [1.165, 1.54) is 29.8 Å². The minimum atomic E-state index is -0.353. The fraction of sp³-hybridized carbons (Fsp3) is 0.318. The average Bonchev–Trinajstić information content (AvgIpc) is 2.95. The van der Waals surface area contributed by atoms with Crippen molar-refractivity contribution in [2.24, 2.45) is 0 Å². The Hall–Kier alpha value is -2.18. The smallest absolute Gasteiger partial charge is 0.255 e. The third kappa shape index (κ3) is 5.20. The van der Waals surface area contributed by atoms with E-state index < -0.39 is 0 Å². The van der Waals surface area contributed by atoms with Gasteiger partial charge < -0.3 is 15.2 Å². The number of amides is 1. The number of aromatic amines is 1. The van der Waals surface area contributed by atoms with Gasteiger partial charge in [-0.05, 0) is 81.4 Å². The molecule has 2 aromatic carbocycles. The van der Waals surface area contributed by atoms with Gasteiger partial charge in [-0.1, -0.05) is 6.92 Å². The highest BCUT2D eigenvalue weighted by Crippen LogP contribution is 2.26. The number of hydrogen-bond donors (Lipinski definition) is 2. The van der Waals surface area contributed by atoms with Gasteiger partial charge in [0.05, 0.1) is 0 Å². The van der Waals surface area contributed by atoms with Gasteiger partial charge in [0.2, 0.25) is 0 Å². The summed E-state index contributed by atoms with van der Waals surface area (Å²) in [5.74, 6) is -0.598. The molecule has 28 heavy (non-hydrogen) atoms. The van der Waals surface area contributed by atoms with Crippen LogP contribution in [-0.2, 0) is 6.42 Å². The molecule has 1 amide bonds. The van der Waals surface area contributed by atoms with Crippen LogP contribution in [-0.4, -0.2) is 35.9 Å². The van der Waals surface area contributed by atoms with Crippen LogP contribution in [0.4, 0.5) is 10.1 Å². The second-order valence-electron chi connectivity index (χ2n) is 7.00. The van der Waals surface area contributed by atoms with E-state index >= 15 is 0 Å². The van der Waals surface area contributed by atoms with Gasteiger partial charge in [0.1, 0.15) is 5.82 Å². The maximum absolute atomic E-state index is 13.0. The number of carbonyl (C=O) groups excluding carboxylic acids is 1. The summed E-state index contributed by atoms with van der Waals surface area (Å²) in [6.07, 6.45) is 2.10. The number of anilines is 1. The summed E-state index contributed by atoms with van der Waals surface area (Å²) in [4.78, 5) is 18.2. The molecule has 0 unspecified atom stereocenters. The Balaban J connectivity index is 0.00000280. The molecule has 0 atom stereocenters. The zero-order valence-electron chi connectivity index (χ0n) is 16.5. The minimum Gasteiger partial charge on any atom is -0.358 e. The summed E-state index contributed by atoms with van der Waals surface area (Å²) in [6, 6.07) is 11.4. The second-order valence-corrected chi connectivity index (χ2v) is 7.00. The number of halogens is 2. The first-order chi connectivity index (χ1) is 13.0. The number of nitrogens with zero attached hydrogens (tertiary/aromatic N) is 1. The van der Waals surface area contributed by atoms with Crippen LogP contribution in [0.1, 0.15) is 35.0 Å². The molecular weight excluding hydrogens is 421 g/mol. The molecule has 6 heteroatoms. The van der Waals surface area contributed by atoms with Crippen molar-refractivity contribution in [3.05, 3.63) is 65.1 Å². The van der Waals surface area contributed by atoms with Crippen LogP contribution in [0, 0.1) is 12.7 Å². The number of H-pyrrole nitrogens is 1. The molecule has 0 aliphatic carbocycles. The lowest BCUT2D eigenvalue weighted by molar-refractivity contribution is 0.102. The van der Waals surface area contributed by atoms with Crippen LogP contribution < -0.4 is 5.32 Å². The highest BCUT2D eigenvalue weighted by molar-refractivity contribution is 8.93. The Labute approximate surface area is 175 Å². The van der Waals surface area contributed by atoms with E-state index in [1.807, 2.05) is 18.2 Å². The predicted molar refractivity (Wildman–Crippen MR) is 119 cm³/mol. The second kappa shape index (κ2) is 9.85. The van der Waals surface area contributed by atoms with Crippen LogP contribution in [0.25, 0.3) is 10.9 Å². The summed E-state index contributed by atoms with van der Waals surface area (Å²) >= 11 is 0. The molecule has 3 aromatic rings. The normalized spacial score (nSPS) is 10.9. The van der Waals surface area contributed by atoms with Crippen molar-refractivity contribution in [1.82, 2.24) is 9.88 Å². The SMILES string of the molecule is Br.CCCN(C)CCc1c(C)[nH]c2ccc(NC(=O)c3ccc(F)cc3)cc12. The maximum atomic E-state index is 13.0. The van der Waals surface area contributed by atoms with Gasteiger partial charge in [-0.3, -0.25) is 4.79 Å². The first-order valence-corrected chi connectivity index (χ1v) is 9.34. The monoisotopic (exact) mass is 447 g/mol. The number of likely N-dealkylation sites (N-methyl/N-ethyl adjacent to an activating group) is 1. The Kier molecular flexibility index (Phi) is 7.78. The fourth-order valence-corrected chi connectivity index (χ4v) is 3.38. The van der Waals surface area contributed by atoms with Crippen LogP contribution >= 0.6 is 17.0 Å².